The molecule has 2 fully saturated rings. The van der Waals surface area contributed by atoms with Crippen molar-refractivity contribution in [1.82, 2.24) is 9.80 Å². The van der Waals surface area contributed by atoms with Gasteiger partial charge in [-0.3, -0.25) is 4.79 Å². The number of halogens is 3. The summed E-state index contributed by atoms with van der Waals surface area (Å²) in [5.74, 6) is -3.50. The molecule has 3 rings (SSSR count). The monoisotopic (exact) mass is 371 g/mol. The summed E-state index contributed by atoms with van der Waals surface area (Å²) in [5.41, 5.74) is 5.85. The van der Waals surface area contributed by atoms with E-state index in [9.17, 15) is 22.8 Å². The van der Waals surface area contributed by atoms with Gasteiger partial charge in [-0.2, -0.15) is 0 Å². The molecule has 9 heteroatoms. The van der Waals surface area contributed by atoms with E-state index in [0.29, 0.717) is 25.6 Å². The molecule has 3 atom stereocenters. The number of carbonyl (C=O) groups excluding carboxylic acids is 2. The maximum absolute atomic E-state index is 13.7. The first kappa shape index (κ1) is 18.5. The summed E-state index contributed by atoms with van der Waals surface area (Å²) in [5, 5.41) is 0. The maximum atomic E-state index is 13.7. The number of rotatable bonds is 4. The van der Waals surface area contributed by atoms with E-state index in [1.54, 1.807) is 9.80 Å². The minimum absolute atomic E-state index is 0.0418. The third-order valence-corrected chi connectivity index (χ3v) is 4.98. The van der Waals surface area contributed by atoms with Crippen molar-refractivity contribution in [3.63, 3.8) is 0 Å². The summed E-state index contributed by atoms with van der Waals surface area (Å²) in [7, 11) is 1.31. The van der Waals surface area contributed by atoms with Crippen LogP contribution in [0.25, 0.3) is 0 Å². The van der Waals surface area contributed by atoms with Crippen LogP contribution in [0.3, 0.4) is 0 Å². The average Bonchev–Trinajstić information content (AvgIpc) is 3.19. The summed E-state index contributed by atoms with van der Waals surface area (Å²) in [6, 6.07) is 0.355. The van der Waals surface area contributed by atoms with E-state index in [-0.39, 0.29) is 36.4 Å². The lowest BCUT2D eigenvalue weighted by molar-refractivity contribution is -0.133. The summed E-state index contributed by atoms with van der Waals surface area (Å²) < 4.78 is 44.6. The number of hydrogen-bond acceptors (Lipinski definition) is 4. The highest BCUT2D eigenvalue weighted by Gasteiger charge is 2.47. The molecule has 1 aromatic rings. The smallest absolute Gasteiger partial charge is 0.409 e. The normalized spacial score (nSPS) is 22.7. The summed E-state index contributed by atoms with van der Waals surface area (Å²) >= 11 is 0. The second-order valence-electron chi connectivity index (χ2n) is 6.74. The largest absolute Gasteiger partial charge is 0.453 e. The number of benzene rings is 1. The van der Waals surface area contributed by atoms with Crippen LogP contribution in [0.15, 0.2) is 12.1 Å². The zero-order valence-corrected chi connectivity index (χ0v) is 14.3. The summed E-state index contributed by atoms with van der Waals surface area (Å²) in [6.07, 6.45) is 0.161. The second kappa shape index (κ2) is 7.14. The highest BCUT2D eigenvalue weighted by atomic mass is 19.2. The Balaban J connectivity index is 1.56. The predicted molar refractivity (Wildman–Crippen MR) is 85.6 cm³/mol. The Labute approximate surface area is 148 Å². The molecule has 0 aliphatic carbocycles. The van der Waals surface area contributed by atoms with Gasteiger partial charge >= 0.3 is 6.09 Å². The fourth-order valence-corrected chi connectivity index (χ4v) is 3.73. The molecule has 0 spiro atoms. The van der Waals surface area contributed by atoms with Gasteiger partial charge < -0.3 is 20.3 Å². The molecule has 2 bridgehead atoms. The topological polar surface area (TPSA) is 75.9 Å². The Bertz CT molecular complexity index is 731. The third kappa shape index (κ3) is 3.48. The Morgan fingerprint density at radius 2 is 1.77 bits per heavy atom. The van der Waals surface area contributed by atoms with Crippen molar-refractivity contribution in [2.75, 3.05) is 20.2 Å². The van der Waals surface area contributed by atoms with Crippen LogP contribution in [0, 0.1) is 17.5 Å². The molecule has 1 aromatic carbocycles. The summed E-state index contributed by atoms with van der Waals surface area (Å²) in [4.78, 5) is 27.4. The Kier molecular flexibility index (Phi) is 5.08. The van der Waals surface area contributed by atoms with Gasteiger partial charge in [0.1, 0.15) is 5.82 Å². The van der Waals surface area contributed by atoms with Gasteiger partial charge in [-0.05, 0) is 24.5 Å². The van der Waals surface area contributed by atoms with Crippen LogP contribution in [-0.4, -0.2) is 60.1 Å². The number of fused-ring (bicyclic) bond motifs is 2. The average molecular weight is 371 g/mol. The van der Waals surface area contributed by atoms with Crippen molar-refractivity contribution in [3.05, 3.63) is 35.1 Å². The number of nitrogens with two attached hydrogens (primary N) is 1. The number of carbonyl (C=O) groups is 2. The molecule has 2 aliphatic heterocycles. The molecule has 6 nitrogen and oxygen atoms in total. The second-order valence-corrected chi connectivity index (χ2v) is 6.74. The fourth-order valence-electron chi connectivity index (χ4n) is 3.73. The van der Waals surface area contributed by atoms with Crippen molar-refractivity contribution >= 4 is 12.0 Å². The fraction of sp³-hybridized carbons (Fsp3) is 0.529. The molecule has 26 heavy (non-hydrogen) atoms. The van der Waals surface area contributed by atoms with E-state index in [2.05, 4.69) is 0 Å². The van der Waals surface area contributed by atoms with Gasteiger partial charge in [-0.1, -0.05) is 0 Å². The van der Waals surface area contributed by atoms with Gasteiger partial charge in [-0.25, -0.2) is 18.0 Å². The van der Waals surface area contributed by atoms with E-state index >= 15 is 0 Å². The van der Waals surface area contributed by atoms with Gasteiger partial charge in [0.25, 0.3) is 0 Å². The number of piperazine rings is 1. The van der Waals surface area contributed by atoms with Gasteiger partial charge in [0.05, 0.1) is 19.2 Å². The van der Waals surface area contributed by atoms with Crippen molar-refractivity contribution in [3.8, 4) is 0 Å². The quantitative estimate of drug-likeness (QED) is 0.813. The van der Waals surface area contributed by atoms with E-state index in [0.717, 1.165) is 6.07 Å². The van der Waals surface area contributed by atoms with Crippen LogP contribution in [0.1, 0.15) is 18.4 Å². The highest BCUT2D eigenvalue weighted by molar-refractivity contribution is 5.78. The molecular formula is C17H20F3N3O3. The van der Waals surface area contributed by atoms with E-state index < -0.39 is 29.6 Å². The maximum Gasteiger partial charge on any atom is 0.409 e. The molecule has 0 saturated carbocycles. The van der Waals surface area contributed by atoms with E-state index in [1.807, 2.05) is 0 Å². The van der Waals surface area contributed by atoms with Crippen LogP contribution in [0.2, 0.25) is 0 Å². The van der Waals surface area contributed by atoms with Crippen LogP contribution in [0.5, 0.6) is 0 Å². The van der Waals surface area contributed by atoms with Crippen LogP contribution in [0.4, 0.5) is 18.0 Å². The van der Waals surface area contributed by atoms with E-state index in [4.69, 9.17) is 10.5 Å². The lowest BCUT2D eigenvalue weighted by Gasteiger charge is -2.33. The molecular weight excluding hydrogens is 351 g/mol. The molecule has 3 unspecified atom stereocenters. The zero-order valence-electron chi connectivity index (χ0n) is 14.3. The van der Waals surface area contributed by atoms with Gasteiger partial charge in [0.2, 0.25) is 5.91 Å². The van der Waals surface area contributed by atoms with Gasteiger partial charge in [0.15, 0.2) is 11.6 Å². The first-order chi connectivity index (χ1) is 12.3. The van der Waals surface area contributed by atoms with Crippen LogP contribution < -0.4 is 5.73 Å². The van der Waals surface area contributed by atoms with Crippen molar-refractivity contribution < 1.29 is 27.5 Å². The lowest BCUT2D eigenvalue weighted by atomic mass is 10.0. The number of hydrogen-bond donors (Lipinski definition) is 1. The summed E-state index contributed by atoms with van der Waals surface area (Å²) in [6.45, 7) is 0.820. The molecule has 142 valence electrons. The van der Waals surface area contributed by atoms with Crippen molar-refractivity contribution in [2.24, 2.45) is 5.73 Å². The first-order valence-corrected chi connectivity index (χ1v) is 8.33. The van der Waals surface area contributed by atoms with Crippen LogP contribution in [-0.2, 0) is 16.0 Å². The Hall–Kier alpha value is -2.29. The highest BCUT2D eigenvalue weighted by Crippen LogP contribution is 2.31. The SMILES string of the molecule is COC(=O)N1CC2CC1CN2C(=O)CC(N)Cc1cc(F)c(F)cc1F. The molecule has 0 aromatic heterocycles. The number of amides is 2. The van der Waals surface area contributed by atoms with Crippen molar-refractivity contribution in [2.45, 2.75) is 37.4 Å². The minimum atomic E-state index is -1.26. The molecule has 2 saturated heterocycles. The Morgan fingerprint density at radius 1 is 1.15 bits per heavy atom. The van der Waals surface area contributed by atoms with Gasteiger partial charge in [-0.15, -0.1) is 0 Å². The van der Waals surface area contributed by atoms with Crippen LogP contribution >= 0.6 is 0 Å². The molecule has 2 heterocycles. The first-order valence-electron chi connectivity index (χ1n) is 8.33. The molecule has 0 radical (unpaired) electrons. The number of methoxy groups -OCH3 is 1. The van der Waals surface area contributed by atoms with E-state index in [1.165, 1.54) is 7.11 Å². The third-order valence-electron chi connectivity index (χ3n) is 4.98. The van der Waals surface area contributed by atoms with Gasteiger partial charge in [0, 0.05) is 31.6 Å². The Morgan fingerprint density at radius 3 is 2.38 bits per heavy atom. The lowest BCUT2D eigenvalue weighted by Crippen LogP contribution is -2.51. The van der Waals surface area contributed by atoms with Crippen molar-refractivity contribution in [1.29, 1.82) is 0 Å². The standard InChI is InChI=1S/C17H20F3N3O3/c1-26-17(25)23-8-11-5-12(23)7-22(11)16(24)4-10(21)2-9-3-14(19)15(20)6-13(9)18/h3,6,10-12H,2,4-5,7-8,21H2,1H3. The molecule has 2 amide bonds. The number of likely N-dealkylation sites (tertiary alicyclic amines) is 2. The molecule has 2 aliphatic rings. The number of nitrogens with zero attached hydrogens (tertiary/aromatic N) is 2. The molecule has 2 N–H and O–H groups in total. The zero-order chi connectivity index (χ0) is 19.0. The predicted octanol–water partition coefficient (Wildman–Crippen LogP) is 1.42. The minimum Gasteiger partial charge on any atom is -0.453 e. The number of ether oxygens (including phenoxy) is 1.